The van der Waals surface area contributed by atoms with E-state index in [-0.39, 0.29) is 23.9 Å². The Morgan fingerprint density at radius 1 is 1.25 bits per heavy atom. The number of ketones is 1. The van der Waals surface area contributed by atoms with E-state index in [0.29, 0.717) is 12.8 Å². The molecule has 0 rings (SSSR count). The van der Waals surface area contributed by atoms with E-state index in [4.69, 9.17) is 4.74 Å². The molecule has 0 aliphatic heterocycles. The highest BCUT2D eigenvalue weighted by Gasteiger charge is 2.20. The molecule has 0 spiro atoms. The maximum absolute atomic E-state index is 11.4. The Balaban J connectivity index is 4.01. The van der Waals surface area contributed by atoms with E-state index in [9.17, 15) is 9.90 Å². The zero-order chi connectivity index (χ0) is 12.7. The van der Waals surface area contributed by atoms with Gasteiger partial charge in [-0.25, -0.2) is 0 Å². The third kappa shape index (κ3) is 6.23. The maximum atomic E-state index is 11.4. The third-order valence-corrected chi connectivity index (χ3v) is 2.61. The molecule has 0 aromatic carbocycles. The summed E-state index contributed by atoms with van der Waals surface area (Å²) in [5, 5.41) is 9.91. The minimum absolute atomic E-state index is 0.0540. The van der Waals surface area contributed by atoms with Gasteiger partial charge in [-0.1, -0.05) is 20.8 Å². The van der Waals surface area contributed by atoms with Crippen LogP contribution >= 0.6 is 0 Å². The molecule has 0 bridgehead atoms. The molecule has 1 N–H and O–H groups in total. The first-order valence-electron chi connectivity index (χ1n) is 6.24. The zero-order valence-electron chi connectivity index (χ0n) is 11.2. The summed E-state index contributed by atoms with van der Waals surface area (Å²) < 4.78 is 5.59. The van der Waals surface area contributed by atoms with E-state index in [0.717, 1.165) is 6.42 Å². The molecule has 2 unspecified atom stereocenters. The molecular formula is C13H26O3. The Morgan fingerprint density at radius 3 is 2.19 bits per heavy atom. The molecule has 0 heterocycles. The standard InChI is InChI=1S/C13H26O3/c1-6-13(16-10(4)5)12(15)8-7-11(14)9(2)3/h9-10,12-13,15H,6-8H2,1-5H3. The van der Waals surface area contributed by atoms with Gasteiger partial charge in [-0.05, 0) is 26.7 Å². The third-order valence-electron chi connectivity index (χ3n) is 2.61. The molecular weight excluding hydrogens is 204 g/mol. The summed E-state index contributed by atoms with van der Waals surface area (Å²) in [5.74, 6) is 0.261. The Kier molecular flexibility index (Phi) is 7.60. The second kappa shape index (κ2) is 7.80. The van der Waals surface area contributed by atoms with Crippen LogP contribution in [0.1, 0.15) is 53.9 Å². The molecule has 96 valence electrons. The van der Waals surface area contributed by atoms with Crippen molar-refractivity contribution in [1.29, 1.82) is 0 Å². The molecule has 0 aromatic rings. The van der Waals surface area contributed by atoms with Crippen LogP contribution < -0.4 is 0 Å². The van der Waals surface area contributed by atoms with Crippen molar-refractivity contribution < 1.29 is 14.6 Å². The van der Waals surface area contributed by atoms with Crippen LogP contribution in [0.5, 0.6) is 0 Å². The van der Waals surface area contributed by atoms with E-state index >= 15 is 0 Å². The molecule has 0 saturated carbocycles. The van der Waals surface area contributed by atoms with Gasteiger partial charge < -0.3 is 9.84 Å². The lowest BCUT2D eigenvalue weighted by atomic mass is 9.99. The number of Topliss-reactive ketones (excluding diaryl/α,β-unsaturated/α-hetero) is 1. The van der Waals surface area contributed by atoms with Gasteiger partial charge >= 0.3 is 0 Å². The lowest BCUT2D eigenvalue weighted by molar-refractivity contribution is -0.123. The van der Waals surface area contributed by atoms with E-state index in [1.807, 2.05) is 34.6 Å². The molecule has 3 nitrogen and oxygen atoms in total. The zero-order valence-corrected chi connectivity index (χ0v) is 11.2. The van der Waals surface area contributed by atoms with E-state index in [1.165, 1.54) is 0 Å². The van der Waals surface area contributed by atoms with Gasteiger partial charge in [-0.15, -0.1) is 0 Å². The second-order valence-corrected chi connectivity index (χ2v) is 4.86. The molecule has 16 heavy (non-hydrogen) atoms. The first-order valence-corrected chi connectivity index (χ1v) is 6.24. The van der Waals surface area contributed by atoms with Crippen LogP contribution in [0.4, 0.5) is 0 Å². The maximum Gasteiger partial charge on any atom is 0.135 e. The Bertz CT molecular complexity index is 199. The molecule has 0 fully saturated rings. The van der Waals surface area contributed by atoms with Crippen LogP contribution in [-0.4, -0.2) is 29.2 Å². The number of ether oxygens (including phenoxy) is 1. The van der Waals surface area contributed by atoms with Gasteiger partial charge in [0.1, 0.15) is 5.78 Å². The first-order chi connectivity index (χ1) is 7.38. The molecule has 0 aliphatic rings. The molecule has 0 amide bonds. The number of aliphatic hydroxyl groups excluding tert-OH is 1. The van der Waals surface area contributed by atoms with Crippen LogP contribution in [0.2, 0.25) is 0 Å². The van der Waals surface area contributed by atoms with E-state index in [1.54, 1.807) is 0 Å². The summed E-state index contributed by atoms with van der Waals surface area (Å²) in [5.41, 5.74) is 0. The van der Waals surface area contributed by atoms with Crippen molar-refractivity contribution in [2.75, 3.05) is 0 Å². The predicted octanol–water partition coefficient (Wildman–Crippen LogP) is 2.56. The van der Waals surface area contributed by atoms with Crippen LogP contribution in [0, 0.1) is 5.92 Å². The summed E-state index contributed by atoms with van der Waals surface area (Å²) in [6, 6.07) is 0. The fourth-order valence-corrected chi connectivity index (χ4v) is 1.57. The van der Waals surface area contributed by atoms with Crippen molar-refractivity contribution in [2.45, 2.75) is 72.2 Å². The predicted molar refractivity (Wildman–Crippen MR) is 65.4 cm³/mol. The summed E-state index contributed by atoms with van der Waals surface area (Å²) in [4.78, 5) is 11.4. The Morgan fingerprint density at radius 2 is 1.81 bits per heavy atom. The number of aliphatic hydroxyl groups is 1. The van der Waals surface area contributed by atoms with Crippen molar-refractivity contribution >= 4 is 5.78 Å². The van der Waals surface area contributed by atoms with E-state index < -0.39 is 6.10 Å². The Labute approximate surface area is 99.2 Å². The van der Waals surface area contributed by atoms with Gasteiger partial charge in [0.25, 0.3) is 0 Å². The number of carbonyl (C=O) groups is 1. The highest BCUT2D eigenvalue weighted by Crippen LogP contribution is 2.13. The quantitative estimate of drug-likeness (QED) is 0.697. The largest absolute Gasteiger partial charge is 0.390 e. The van der Waals surface area contributed by atoms with Crippen molar-refractivity contribution in [3.05, 3.63) is 0 Å². The minimum Gasteiger partial charge on any atom is -0.390 e. The van der Waals surface area contributed by atoms with E-state index in [2.05, 4.69) is 0 Å². The highest BCUT2D eigenvalue weighted by molar-refractivity contribution is 5.80. The number of hydrogen-bond donors (Lipinski definition) is 1. The summed E-state index contributed by atoms with van der Waals surface area (Å²) >= 11 is 0. The lowest BCUT2D eigenvalue weighted by Crippen LogP contribution is -2.31. The lowest BCUT2D eigenvalue weighted by Gasteiger charge is -2.24. The SMILES string of the molecule is CCC(OC(C)C)C(O)CCC(=O)C(C)C. The van der Waals surface area contributed by atoms with Crippen LogP contribution in [0.15, 0.2) is 0 Å². The number of hydrogen-bond acceptors (Lipinski definition) is 3. The fraction of sp³-hybridized carbons (Fsp3) is 0.923. The van der Waals surface area contributed by atoms with Crippen LogP contribution in [0.3, 0.4) is 0 Å². The molecule has 0 aliphatic carbocycles. The molecule has 0 aromatic heterocycles. The van der Waals surface area contributed by atoms with Crippen molar-refractivity contribution in [2.24, 2.45) is 5.92 Å². The van der Waals surface area contributed by atoms with Crippen LogP contribution in [-0.2, 0) is 9.53 Å². The minimum atomic E-state index is -0.532. The summed E-state index contributed by atoms with van der Waals surface area (Å²) in [7, 11) is 0. The average molecular weight is 230 g/mol. The smallest absolute Gasteiger partial charge is 0.135 e. The number of rotatable bonds is 8. The van der Waals surface area contributed by atoms with Gasteiger partial charge in [-0.3, -0.25) is 4.79 Å². The second-order valence-electron chi connectivity index (χ2n) is 4.86. The van der Waals surface area contributed by atoms with Gasteiger partial charge in [-0.2, -0.15) is 0 Å². The molecule has 0 radical (unpaired) electrons. The van der Waals surface area contributed by atoms with Gasteiger partial charge in [0.15, 0.2) is 0 Å². The Hall–Kier alpha value is -0.410. The number of carbonyl (C=O) groups excluding carboxylic acids is 1. The monoisotopic (exact) mass is 230 g/mol. The van der Waals surface area contributed by atoms with Crippen molar-refractivity contribution in [3.63, 3.8) is 0 Å². The van der Waals surface area contributed by atoms with Gasteiger partial charge in [0.2, 0.25) is 0 Å². The average Bonchev–Trinajstić information content (AvgIpc) is 2.21. The molecule has 2 atom stereocenters. The first kappa shape index (κ1) is 15.6. The van der Waals surface area contributed by atoms with Crippen molar-refractivity contribution in [1.82, 2.24) is 0 Å². The summed E-state index contributed by atoms with van der Waals surface area (Å²) in [6.07, 6.45) is 1.14. The normalized spacial score (nSPS) is 15.5. The van der Waals surface area contributed by atoms with Crippen molar-refractivity contribution in [3.8, 4) is 0 Å². The summed E-state index contributed by atoms with van der Waals surface area (Å²) in [6.45, 7) is 9.66. The van der Waals surface area contributed by atoms with Crippen LogP contribution in [0.25, 0.3) is 0 Å². The highest BCUT2D eigenvalue weighted by atomic mass is 16.5. The molecule has 0 saturated heterocycles. The van der Waals surface area contributed by atoms with Gasteiger partial charge in [0, 0.05) is 12.3 Å². The van der Waals surface area contributed by atoms with Gasteiger partial charge in [0.05, 0.1) is 18.3 Å². The fourth-order valence-electron chi connectivity index (χ4n) is 1.57. The molecule has 3 heteroatoms. The topological polar surface area (TPSA) is 46.5 Å².